The second-order valence-corrected chi connectivity index (χ2v) is 5.40. The van der Waals surface area contributed by atoms with E-state index < -0.39 is 0 Å². The fourth-order valence-electron chi connectivity index (χ4n) is 2.44. The van der Waals surface area contributed by atoms with Crippen molar-refractivity contribution in [2.45, 2.75) is 19.4 Å². The zero-order chi connectivity index (χ0) is 15.4. The van der Waals surface area contributed by atoms with Crippen molar-refractivity contribution in [3.05, 3.63) is 59.7 Å². The summed E-state index contributed by atoms with van der Waals surface area (Å²) in [6.45, 7) is 2.90. The first kappa shape index (κ1) is 14.4. The lowest BCUT2D eigenvalue weighted by molar-refractivity contribution is -0.120. The summed E-state index contributed by atoms with van der Waals surface area (Å²) in [4.78, 5) is 12.0. The monoisotopic (exact) mass is 297 g/mol. The summed E-state index contributed by atoms with van der Waals surface area (Å²) >= 11 is 0. The molecule has 1 amide bonds. The van der Waals surface area contributed by atoms with Gasteiger partial charge < -0.3 is 14.8 Å². The molecule has 0 saturated carbocycles. The molecule has 22 heavy (non-hydrogen) atoms. The molecule has 0 bridgehead atoms. The first-order chi connectivity index (χ1) is 10.7. The predicted octanol–water partition coefficient (Wildman–Crippen LogP) is 2.49. The minimum atomic E-state index is -0.157. The number of fused-ring (bicyclic) bond motifs is 1. The molecule has 2 aromatic rings. The number of hydrogen-bond acceptors (Lipinski definition) is 3. The summed E-state index contributed by atoms with van der Waals surface area (Å²) in [7, 11) is 0. The Morgan fingerprint density at radius 1 is 1.14 bits per heavy atom. The molecule has 0 aliphatic carbocycles. The minimum Gasteiger partial charge on any atom is -0.486 e. The van der Waals surface area contributed by atoms with Gasteiger partial charge in [0.25, 0.3) is 0 Å². The van der Waals surface area contributed by atoms with E-state index in [1.54, 1.807) is 0 Å². The van der Waals surface area contributed by atoms with Crippen molar-refractivity contribution in [3.8, 4) is 11.5 Å². The van der Waals surface area contributed by atoms with Gasteiger partial charge in [-0.15, -0.1) is 0 Å². The van der Waals surface area contributed by atoms with E-state index in [0.29, 0.717) is 19.6 Å². The number of ether oxygens (including phenoxy) is 2. The molecule has 2 aromatic carbocycles. The first-order valence-corrected chi connectivity index (χ1v) is 7.42. The van der Waals surface area contributed by atoms with Crippen LogP contribution in [0.3, 0.4) is 0 Å². The van der Waals surface area contributed by atoms with Gasteiger partial charge in [-0.3, -0.25) is 4.79 Å². The highest BCUT2D eigenvalue weighted by Gasteiger charge is 2.21. The molecule has 0 saturated heterocycles. The Bertz CT molecular complexity index is 669. The van der Waals surface area contributed by atoms with E-state index in [-0.39, 0.29) is 12.0 Å². The molecule has 0 unspecified atom stereocenters. The second kappa shape index (κ2) is 6.52. The number of rotatable bonds is 4. The Balaban J connectivity index is 1.51. The van der Waals surface area contributed by atoms with E-state index in [2.05, 4.69) is 5.32 Å². The van der Waals surface area contributed by atoms with Crippen molar-refractivity contribution >= 4 is 5.91 Å². The number of aryl methyl sites for hydroxylation is 1. The van der Waals surface area contributed by atoms with Crippen molar-refractivity contribution in [2.24, 2.45) is 0 Å². The Labute approximate surface area is 130 Å². The predicted molar refractivity (Wildman–Crippen MR) is 84.2 cm³/mol. The van der Waals surface area contributed by atoms with Crippen LogP contribution in [0.25, 0.3) is 0 Å². The quantitative estimate of drug-likeness (QED) is 0.943. The number of nitrogens with one attached hydrogen (secondary N) is 1. The molecule has 0 radical (unpaired) electrons. The summed E-state index contributed by atoms with van der Waals surface area (Å²) < 4.78 is 11.4. The summed E-state index contributed by atoms with van der Waals surface area (Å²) in [5.41, 5.74) is 2.18. The third kappa shape index (κ3) is 3.39. The van der Waals surface area contributed by atoms with Crippen LogP contribution in [-0.2, 0) is 11.2 Å². The van der Waals surface area contributed by atoms with Gasteiger partial charge in [-0.05, 0) is 30.2 Å². The standard InChI is InChI=1S/C18H19NO3/c1-13-6-2-3-7-14(13)10-18(20)19-11-15-12-21-16-8-4-5-9-17(16)22-15/h2-9,15H,10-12H2,1H3,(H,19,20)/t15-/m1/s1. The molecule has 4 nitrogen and oxygen atoms in total. The first-order valence-electron chi connectivity index (χ1n) is 7.42. The summed E-state index contributed by atoms with van der Waals surface area (Å²) in [6.07, 6.45) is 0.229. The molecule has 1 aliphatic heterocycles. The number of amides is 1. The van der Waals surface area contributed by atoms with Crippen molar-refractivity contribution < 1.29 is 14.3 Å². The molecule has 1 atom stereocenters. The smallest absolute Gasteiger partial charge is 0.224 e. The van der Waals surface area contributed by atoms with Crippen LogP contribution in [0, 0.1) is 6.92 Å². The van der Waals surface area contributed by atoms with Crippen molar-refractivity contribution in [1.82, 2.24) is 5.32 Å². The largest absolute Gasteiger partial charge is 0.486 e. The highest BCUT2D eigenvalue weighted by atomic mass is 16.6. The molecule has 1 aliphatic rings. The maximum Gasteiger partial charge on any atom is 0.224 e. The van der Waals surface area contributed by atoms with E-state index in [9.17, 15) is 4.79 Å². The van der Waals surface area contributed by atoms with E-state index >= 15 is 0 Å². The van der Waals surface area contributed by atoms with Crippen LogP contribution in [-0.4, -0.2) is 25.2 Å². The minimum absolute atomic E-state index is 0.00300. The maximum absolute atomic E-state index is 12.0. The van der Waals surface area contributed by atoms with Gasteiger partial charge >= 0.3 is 0 Å². The van der Waals surface area contributed by atoms with Crippen LogP contribution in [0.2, 0.25) is 0 Å². The van der Waals surface area contributed by atoms with Gasteiger partial charge in [-0.25, -0.2) is 0 Å². The van der Waals surface area contributed by atoms with E-state index in [1.165, 1.54) is 0 Å². The molecule has 0 spiro atoms. The number of carbonyl (C=O) groups excluding carboxylic acids is 1. The van der Waals surface area contributed by atoms with Gasteiger partial charge in [0.05, 0.1) is 13.0 Å². The lowest BCUT2D eigenvalue weighted by Gasteiger charge is -2.26. The average molecular weight is 297 g/mol. The zero-order valence-corrected chi connectivity index (χ0v) is 12.5. The maximum atomic E-state index is 12.0. The third-order valence-corrected chi connectivity index (χ3v) is 3.71. The fourth-order valence-corrected chi connectivity index (χ4v) is 2.44. The van der Waals surface area contributed by atoms with E-state index in [1.807, 2.05) is 55.5 Å². The van der Waals surface area contributed by atoms with Crippen LogP contribution >= 0.6 is 0 Å². The van der Waals surface area contributed by atoms with E-state index in [4.69, 9.17) is 9.47 Å². The fraction of sp³-hybridized carbons (Fsp3) is 0.278. The molecule has 4 heteroatoms. The Kier molecular flexibility index (Phi) is 4.28. The lowest BCUT2D eigenvalue weighted by Crippen LogP contribution is -2.41. The van der Waals surface area contributed by atoms with Gasteiger partial charge in [0.15, 0.2) is 11.5 Å². The van der Waals surface area contributed by atoms with Crippen LogP contribution in [0.1, 0.15) is 11.1 Å². The zero-order valence-electron chi connectivity index (χ0n) is 12.5. The SMILES string of the molecule is Cc1ccccc1CC(=O)NC[C@@H]1COc2ccccc2O1. The van der Waals surface area contributed by atoms with Crippen LogP contribution in [0.5, 0.6) is 11.5 Å². The van der Waals surface area contributed by atoms with Crippen LogP contribution in [0.15, 0.2) is 48.5 Å². The van der Waals surface area contributed by atoms with Crippen molar-refractivity contribution in [3.63, 3.8) is 0 Å². The molecule has 0 aromatic heterocycles. The van der Waals surface area contributed by atoms with Crippen LogP contribution < -0.4 is 14.8 Å². The van der Waals surface area contributed by atoms with Crippen molar-refractivity contribution in [2.75, 3.05) is 13.2 Å². The normalized spacial score (nSPS) is 16.1. The number of para-hydroxylation sites is 2. The summed E-state index contributed by atoms with van der Waals surface area (Å²) in [6, 6.07) is 15.5. The van der Waals surface area contributed by atoms with Gasteiger partial charge in [0, 0.05) is 0 Å². The lowest BCUT2D eigenvalue weighted by atomic mass is 10.1. The molecular formula is C18H19NO3. The Hall–Kier alpha value is -2.49. The Morgan fingerprint density at radius 3 is 2.68 bits per heavy atom. The summed E-state index contributed by atoms with van der Waals surface area (Å²) in [5.74, 6) is 1.48. The number of benzene rings is 2. The van der Waals surface area contributed by atoms with Crippen LogP contribution in [0.4, 0.5) is 0 Å². The van der Waals surface area contributed by atoms with E-state index in [0.717, 1.165) is 22.6 Å². The third-order valence-electron chi connectivity index (χ3n) is 3.71. The highest BCUT2D eigenvalue weighted by Crippen LogP contribution is 2.30. The highest BCUT2D eigenvalue weighted by molar-refractivity contribution is 5.78. The van der Waals surface area contributed by atoms with Gasteiger partial charge in [0.1, 0.15) is 12.7 Å². The molecule has 0 fully saturated rings. The molecular weight excluding hydrogens is 278 g/mol. The second-order valence-electron chi connectivity index (χ2n) is 5.40. The van der Waals surface area contributed by atoms with Gasteiger partial charge in [-0.1, -0.05) is 36.4 Å². The molecule has 3 rings (SSSR count). The van der Waals surface area contributed by atoms with Gasteiger partial charge in [-0.2, -0.15) is 0 Å². The number of carbonyl (C=O) groups is 1. The topological polar surface area (TPSA) is 47.6 Å². The number of hydrogen-bond donors (Lipinski definition) is 1. The van der Waals surface area contributed by atoms with Crippen molar-refractivity contribution in [1.29, 1.82) is 0 Å². The average Bonchev–Trinajstić information content (AvgIpc) is 2.55. The Morgan fingerprint density at radius 2 is 1.86 bits per heavy atom. The van der Waals surface area contributed by atoms with Gasteiger partial charge in [0.2, 0.25) is 5.91 Å². The molecule has 1 heterocycles. The summed E-state index contributed by atoms with van der Waals surface area (Å²) in [5, 5.41) is 2.91. The molecule has 114 valence electrons. The molecule has 1 N–H and O–H groups in total.